The molecule has 0 saturated carbocycles. The van der Waals surface area contributed by atoms with Gasteiger partial charge in [-0.25, -0.2) is 0 Å². The molecular formula is C20H20N2O2. The molecule has 0 aliphatic carbocycles. The Bertz CT molecular complexity index is 895. The van der Waals surface area contributed by atoms with E-state index in [0.717, 1.165) is 16.5 Å². The van der Waals surface area contributed by atoms with Crippen molar-refractivity contribution in [3.63, 3.8) is 0 Å². The first-order valence-corrected chi connectivity index (χ1v) is 7.79. The zero-order chi connectivity index (χ0) is 19.3. The predicted molar refractivity (Wildman–Crippen MR) is 96.8 cm³/mol. The summed E-state index contributed by atoms with van der Waals surface area (Å²) in [6, 6.07) is 22.0. The van der Waals surface area contributed by atoms with E-state index in [1.54, 1.807) is 24.3 Å². The summed E-state index contributed by atoms with van der Waals surface area (Å²) in [6.45, 7) is -2.38. The van der Waals surface area contributed by atoms with Gasteiger partial charge in [-0.1, -0.05) is 66.7 Å². The van der Waals surface area contributed by atoms with Gasteiger partial charge < -0.3 is 4.74 Å². The van der Waals surface area contributed by atoms with Crippen molar-refractivity contribution in [3.05, 3.63) is 83.3 Å². The van der Waals surface area contributed by atoms with Gasteiger partial charge in [-0.2, -0.15) is 0 Å². The van der Waals surface area contributed by atoms with Gasteiger partial charge in [0.15, 0.2) is 0 Å². The van der Waals surface area contributed by atoms with Crippen LogP contribution in [0.25, 0.3) is 10.8 Å². The Morgan fingerprint density at radius 1 is 1.04 bits per heavy atom. The maximum atomic E-state index is 11.2. The van der Waals surface area contributed by atoms with E-state index in [-0.39, 0.29) is 6.61 Å². The molecular weight excluding hydrogens is 300 g/mol. The fourth-order valence-corrected chi connectivity index (χ4v) is 2.76. The molecule has 0 N–H and O–H groups in total. The maximum absolute atomic E-state index is 11.2. The minimum atomic E-state index is -2.62. The van der Waals surface area contributed by atoms with E-state index >= 15 is 0 Å². The van der Waals surface area contributed by atoms with Gasteiger partial charge in [0, 0.05) is 22.9 Å². The van der Waals surface area contributed by atoms with Gasteiger partial charge in [0.25, 0.3) is 0 Å². The molecule has 0 amide bonds. The van der Waals surface area contributed by atoms with E-state index in [4.69, 9.17) is 8.85 Å². The summed E-state index contributed by atoms with van der Waals surface area (Å²) in [4.78, 5) is 11.2. The van der Waals surface area contributed by atoms with Crippen LogP contribution in [0.15, 0.2) is 78.1 Å². The summed E-state index contributed by atoms with van der Waals surface area (Å²) < 4.78 is 28.7. The van der Waals surface area contributed by atoms with Crippen molar-refractivity contribution in [1.82, 2.24) is 5.01 Å². The molecule has 0 heterocycles. The summed E-state index contributed by atoms with van der Waals surface area (Å²) in [7, 11) is 0. The fraction of sp³-hybridized carbons (Fsp3) is 0.200. The van der Waals surface area contributed by atoms with Crippen LogP contribution in [0.4, 0.5) is 0 Å². The highest BCUT2D eigenvalue weighted by molar-refractivity contribution is 5.88. The summed E-state index contributed by atoms with van der Waals surface area (Å²) in [6.07, 6.45) is 0.303. The van der Waals surface area contributed by atoms with E-state index in [1.807, 2.05) is 48.5 Å². The van der Waals surface area contributed by atoms with Crippen LogP contribution in [0, 0.1) is 4.91 Å². The molecule has 4 nitrogen and oxygen atoms in total. The highest BCUT2D eigenvalue weighted by atomic mass is 16.5. The van der Waals surface area contributed by atoms with Gasteiger partial charge in [-0.05, 0) is 17.0 Å². The van der Waals surface area contributed by atoms with Crippen molar-refractivity contribution in [2.45, 2.75) is 12.5 Å². The van der Waals surface area contributed by atoms with Crippen molar-refractivity contribution >= 4 is 10.8 Å². The first-order chi connectivity index (χ1) is 13.0. The first-order valence-electron chi connectivity index (χ1n) is 9.29. The number of ether oxygens (including phenoxy) is 1. The third-order valence-corrected chi connectivity index (χ3v) is 3.97. The molecule has 0 aromatic heterocycles. The summed E-state index contributed by atoms with van der Waals surface area (Å²) in [5.41, 5.74) is 0.703. The Kier molecular flexibility index (Phi) is 3.97. The minimum absolute atomic E-state index is 0.246. The number of hydrogen-bond acceptors (Lipinski definition) is 3. The molecule has 1 unspecified atom stereocenters. The number of benzene rings is 3. The fourth-order valence-electron chi connectivity index (χ4n) is 2.76. The van der Waals surface area contributed by atoms with E-state index in [1.165, 1.54) is 0 Å². The van der Waals surface area contributed by atoms with Crippen LogP contribution in [-0.2, 0) is 0 Å². The molecule has 1 atom stereocenters. The number of rotatable bonds is 7. The van der Waals surface area contributed by atoms with E-state index in [0.29, 0.717) is 17.0 Å². The van der Waals surface area contributed by atoms with Gasteiger partial charge in [0.1, 0.15) is 5.75 Å². The van der Waals surface area contributed by atoms with E-state index in [2.05, 4.69) is 5.29 Å². The Labute approximate surface area is 145 Å². The van der Waals surface area contributed by atoms with Crippen molar-refractivity contribution in [3.8, 4) is 5.75 Å². The average molecular weight is 323 g/mol. The second-order valence-electron chi connectivity index (χ2n) is 5.47. The zero-order valence-electron chi connectivity index (χ0n) is 16.1. The second-order valence-corrected chi connectivity index (χ2v) is 5.47. The maximum Gasteiger partial charge on any atom is 0.127 e. The second kappa shape index (κ2) is 7.59. The molecule has 24 heavy (non-hydrogen) atoms. The smallest absolute Gasteiger partial charge is 0.127 e. The van der Waals surface area contributed by atoms with Gasteiger partial charge in [-0.3, -0.25) is 5.01 Å². The largest absolute Gasteiger partial charge is 0.493 e. The van der Waals surface area contributed by atoms with Gasteiger partial charge in [-0.15, -0.1) is 4.91 Å². The molecule has 0 radical (unpaired) electrons. The molecule has 4 heteroatoms. The molecule has 3 aromatic rings. The monoisotopic (exact) mass is 323 g/mol. The van der Waals surface area contributed by atoms with Crippen LogP contribution in [0.1, 0.15) is 22.1 Å². The molecule has 3 aromatic carbocycles. The Hall–Kier alpha value is -2.88. The molecule has 3 rings (SSSR count). The van der Waals surface area contributed by atoms with Crippen molar-refractivity contribution < 1.29 is 8.85 Å². The topological polar surface area (TPSA) is 41.9 Å². The lowest BCUT2D eigenvalue weighted by Crippen LogP contribution is -2.21. The lowest BCUT2D eigenvalue weighted by molar-refractivity contribution is 0.199. The first kappa shape index (κ1) is 12.5. The van der Waals surface area contributed by atoms with Gasteiger partial charge in [0.05, 0.1) is 17.9 Å². The number of nitroso groups, excluding NO2 is 1. The van der Waals surface area contributed by atoms with Crippen molar-refractivity contribution in [2.24, 2.45) is 5.29 Å². The predicted octanol–water partition coefficient (Wildman–Crippen LogP) is 4.96. The molecule has 0 fully saturated rings. The van der Waals surface area contributed by atoms with E-state index in [9.17, 15) is 4.91 Å². The Morgan fingerprint density at radius 2 is 1.79 bits per heavy atom. The summed E-state index contributed by atoms with van der Waals surface area (Å²) >= 11 is 0. The lowest BCUT2D eigenvalue weighted by Gasteiger charge is -2.23. The highest BCUT2D eigenvalue weighted by Gasteiger charge is 2.17. The Morgan fingerprint density at radius 3 is 2.58 bits per heavy atom. The third kappa shape index (κ3) is 3.54. The van der Waals surface area contributed by atoms with Crippen LogP contribution in [0.2, 0.25) is 0 Å². The average Bonchev–Trinajstić information content (AvgIpc) is 2.67. The minimum Gasteiger partial charge on any atom is -0.493 e. The highest BCUT2D eigenvalue weighted by Crippen LogP contribution is 2.27. The quantitative estimate of drug-likeness (QED) is 0.456. The molecule has 0 saturated heterocycles. The van der Waals surface area contributed by atoms with Gasteiger partial charge >= 0.3 is 0 Å². The molecule has 0 aliphatic rings. The van der Waals surface area contributed by atoms with Crippen LogP contribution >= 0.6 is 0 Å². The van der Waals surface area contributed by atoms with Crippen molar-refractivity contribution in [1.29, 1.82) is 0 Å². The Balaban J connectivity index is 1.79. The van der Waals surface area contributed by atoms with Crippen molar-refractivity contribution in [2.75, 3.05) is 13.6 Å². The van der Waals surface area contributed by atoms with E-state index < -0.39 is 13.0 Å². The normalized spacial score (nSPS) is 14.2. The molecule has 0 spiro atoms. The summed E-state index contributed by atoms with van der Waals surface area (Å²) in [5, 5.41) is 5.46. The van der Waals surface area contributed by atoms with Crippen LogP contribution in [0.5, 0.6) is 5.75 Å². The standard InChI is InChI=1S/C20H20N2O2/c1-22(21-23)19(17-9-3-2-4-10-17)14-15-24-20-13-7-11-16-8-5-6-12-18(16)20/h2-13,19H,14-15H2,1H3/i1D3. The number of hydrogen-bond donors (Lipinski definition) is 0. The SMILES string of the molecule is [2H]C([2H])([2H])N(N=O)C(CCOc1cccc2ccccc12)c1ccccc1. The number of fused-ring (bicyclic) bond motifs is 1. The molecule has 0 aliphatic heterocycles. The van der Waals surface area contributed by atoms with Crippen LogP contribution < -0.4 is 4.74 Å². The molecule has 122 valence electrons. The summed E-state index contributed by atoms with van der Waals surface area (Å²) in [5.74, 6) is 0.722. The van der Waals surface area contributed by atoms with Crippen LogP contribution in [0.3, 0.4) is 0 Å². The zero-order valence-corrected chi connectivity index (χ0v) is 13.1. The third-order valence-electron chi connectivity index (χ3n) is 3.97. The molecule has 0 bridgehead atoms. The number of nitrogens with zero attached hydrogens (tertiary/aromatic N) is 2. The van der Waals surface area contributed by atoms with Gasteiger partial charge in [0.2, 0.25) is 0 Å². The lowest BCUT2D eigenvalue weighted by atomic mass is 10.0. The van der Waals surface area contributed by atoms with Crippen LogP contribution in [-0.4, -0.2) is 18.6 Å².